The average molecular weight is 335 g/mol. The average Bonchev–Trinajstić information content (AvgIpc) is 2.42. The Bertz CT molecular complexity index is 669. The molecule has 0 aliphatic rings. The quantitative estimate of drug-likeness (QED) is 0.386. The number of oxime groups is 1. The van der Waals surface area contributed by atoms with Crippen LogP contribution in [0.2, 0.25) is 0 Å². The van der Waals surface area contributed by atoms with Crippen molar-refractivity contribution in [3.63, 3.8) is 0 Å². The second-order valence-corrected chi connectivity index (χ2v) is 5.33. The summed E-state index contributed by atoms with van der Waals surface area (Å²) >= 11 is 3.47. The maximum Gasteiger partial charge on any atom is 0.173 e. The van der Waals surface area contributed by atoms with Crippen LogP contribution < -0.4 is 10.5 Å². The Hall–Kier alpha value is -2.01. The Labute approximate surface area is 126 Å². The van der Waals surface area contributed by atoms with Gasteiger partial charge in [0.2, 0.25) is 0 Å². The third kappa shape index (κ3) is 2.93. The summed E-state index contributed by atoms with van der Waals surface area (Å²) in [6.07, 6.45) is 0. The van der Waals surface area contributed by atoms with Crippen molar-refractivity contribution < 1.29 is 9.94 Å². The number of amidine groups is 1. The fraction of sp³-hybridized carbons (Fsp3) is 0.133. The van der Waals surface area contributed by atoms with E-state index in [1.54, 1.807) is 6.07 Å². The normalized spacial score (nSPS) is 11.4. The standard InChI is InChI=1S/C15H15BrN2O2/c1-9-6-7-13(12(16)8-9)20-14-10(2)4-3-5-11(14)15(17)18-19/h3-8,19H,1-2H3,(H2,17,18). The fourth-order valence-electron chi connectivity index (χ4n) is 1.84. The lowest BCUT2D eigenvalue weighted by atomic mass is 10.1. The molecule has 0 spiro atoms. The van der Waals surface area contributed by atoms with E-state index in [1.807, 2.05) is 44.2 Å². The molecular formula is C15H15BrN2O2. The van der Waals surface area contributed by atoms with Crippen molar-refractivity contribution in [2.24, 2.45) is 10.9 Å². The number of para-hydroxylation sites is 1. The Morgan fingerprint density at radius 3 is 2.65 bits per heavy atom. The Morgan fingerprint density at radius 1 is 1.25 bits per heavy atom. The van der Waals surface area contributed by atoms with Crippen molar-refractivity contribution in [2.75, 3.05) is 0 Å². The van der Waals surface area contributed by atoms with E-state index in [-0.39, 0.29) is 5.84 Å². The molecule has 0 heterocycles. The third-order valence-electron chi connectivity index (χ3n) is 2.89. The lowest BCUT2D eigenvalue weighted by Crippen LogP contribution is -2.14. The molecule has 0 bridgehead atoms. The Kier molecular flexibility index (Phi) is 4.29. The first kappa shape index (κ1) is 14.4. The third-order valence-corrected chi connectivity index (χ3v) is 3.51. The Morgan fingerprint density at radius 2 is 2.00 bits per heavy atom. The van der Waals surface area contributed by atoms with Gasteiger partial charge in [0.1, 0.15) is 11.5 Å². The van der Waals surface area contributed by atoms with Crippen LogP contribution in [0, 0.1) is 13.8 Å². The van der Waals surface area contributed by atoms with Gasteiger partial charge < -0.3 is 15.7 Å². The zero-order chi connectivity index (χ0) is 14.7. The van der Waals surface area contributed by atoms with Gasteiger partial charge in [0.15, 0.2) is 5.84 Å². The molecule has 4 nitrogen and oxygen atoms in total. The lowest BCUT2D eigenvalue weighted by molar-refractivity contribution is 0.318. The summed E-state index contributed by atoms with van der Waals surface area (Å²) in [5, 5.41) is 11.9. The van der Waals surface area contributed by atoms with Gasteiger partial charge >= 0.3 is 0 Å². The molecule has 0 saturated heterocycles. The molecule has 5 heteroatoms. The van der Waals surface area contributed by atoms with E-state index in [0.717, 1.165) is 15.6 Å². The molecule has 0 radical (unpaired) electrons. The first-order valence-corrected chi connectivity index (χ1v) is 6.83. The molecule has 0 aliphatic heterocycles. The van der Waals surface area contributed by atoms with E-state index in [2.05, 4.69) is 21.1 Å². The summed E-state index contributed by atoms with van der Waals surface area (Å²) in [5.41, 5.74) is 8.28. The predicted octanol–water partition coefficient (Wildman–Crippen LogP) is 3.95. The zero-order valence-electron chi connectivity index (χ0n) is 11.2. The molecule has 0 unspecified atom stereocenters. The first-order chi connectivity index (χ1) is 9.52. The maximum atomic E-state index is 8.86. The first-order valence-electron chi connectivity index (χ1n) is 6.04. The minimum absolute atomic E-state index is 0.0203. The molecule has 0 aromatic heterocycles. The van der Waals surface area contributed by atoms with Crippen LogP contribution in [0.3, 0.4) is 0 Å². The van der Waals surface area contributed by atoms with E-state index in [0.29, 0.717) is 17.1 Å². The zero-order valence-corrected chi connectivity index (χ0v) is 12.8. The summed E-state index contributed by atoms with van der Waals surface area (Å²) in [6, 6.07) is 11.3. The molecular weight excluding hydrogens is 320 g/mol. The van der Waals surface area contributed by atoms with Crippen LogP contribution in [0.5, 0.6) is 11.5 Å². The summed E-state index contributed by atoms with van der Waals surface area (Å²) < 4.78 is 6.78. The number of aryl methyl sites for hydroxylation is 2. The SMILES string of the molecule is Cc1ccc(Oc2c(C)cccc2/C(N)=N/O)c(Br)c1. The number of hydrogen-bond acceptors (Lipinski definition) is 3. The molecule has 0 saturated carbocycles. The summed E-state index contributed by atoms with van der Waals surface area (Å²) in [7, 11) is 0. The highest BCUT2D eigenvalue weighted by Gasteiger charge is 2.13. The molecule has 2 aromatic rings. The molecule has 20 heavy (non-hydrogen) atoms. The topological polar surface area (TPSA) is 67.8 Å². The number of benzene rings is 2. The van der Waals surface area contributed by atoms with Gasteiger partial charge in [-0.2, -0.15) is 0 Å². The van der Waals surface area contributed by atoms with Crippen molar-refractivity contribution in [1.82, 2.24) is 0 Å². The van der Waals surface area contributed by atoms with Crippen molar-refractivity contribution in [3.8, 4) is 11.5 Å². The summed E-state index contributed by atoms with van der Waals surface area (Å²) in [6.45, 7) is 3.91. The molecule has 3 N–H and O–H groups in total. The van der Waals surface area contributed by atoms with Crippen LogP contribution in [-0.4, -0.2) is 11.0 Å². The summed E-state index contributed by atoms with van der Waals surface area (Å²) in [4.78, 5) is 0. The molecule has 0 atom stereocenters. The van der Waals surface area contributed by atoms with Crippen LogP contribution in [0.25, 0.3) is 0 Å². The van der Waals surface area contributed by atoms with E-state index in [1.165, 1.54) is 0 Å². The second-order valence-electron chi connectivity index (χ2n) is 4.47. The van der Waals surface area contributed by atoms with Crippen molar-refractivity contribution in [2.45, 2.75) is 13.8 Å². The smallest absolute Gasteiger partial charge is 0.173 e. The van der Waals surface area contributed by atoms with E-state index in [4.69, 9.17) is 15.7 Å². The lowest BCUT2D eigenvalue weighted by Gasteiger charge is -2.14. The second kappa shape index (κ2) is 5.96. The van der Waals surface area contributed by atoms with E-state index < -0.39 is 0 Å². The number of ether oxygens (including phenoxy) is 1. The number of halogens is 1. The van der Waals surface area contributed by atoms with Crippen LogP contribution >= 0.6 is 15.9 Å². The predicted molar refractivity (Wildman–Crippen MR) is 82.6 cm³/mol. The number of nitrogens with two attached hydrogens (primary N) is 1. The Balaban J connectivity index is 2.48. The number of hydrogen-bond donors (Lipinski definition) is 2. The van der Waals surface area contributed by atoms with Gasteiger partial charge in [0.05, 0.1) is 10.0 Å². The highest BCUT2D eigenvalue weighted by atomic mass is 79.9. The van der Waals surface area contributed by atoms with Gasteiger partial charge in [0, 0.05) is 0 Å². The minimum Gasteiger partial charge on any atom is -0.455 e. The summed E-state index contributed by atoms with van der Waals surface area (Å²) in [5.74, 6) is 1.27. The molecule has 2 aromatic carbocycles. The highest BCUT2D eigenvalue weighted by molar-refractivity contribution is 9.10. The van der Waals surface area contributed by atoms with Gasteiger partial charge in [-0.15, -0.1) is 0 Å². The van der Waals surface area contributed by atoms with Gasteiger partial charge in [-0.1, -0.05) is 23.4 Å². The molecule has 0 amide bonds. The van der Waals surface area contributed by atoms with Crippen molar-refractivity contribution in [3.05, 3.63) is 57.6 Å². The van der Waals surface area contributed by atoms with Crippen molar-refractivity contribution in [1.29, 1.82) is 0 Å². The monoisotopic (exact) mass is 334 g/mol. The largest absolute Gasteiger partial charge is 0.455 e. The highest BCUT2D eigenvalue weighted by Crippen LogP contribution is 2.34. The van der Waals surface area contributed by atoms with Gasteiger partial charge in [-0.25, -0.2) is 0 Å². The van der Waals surface area contributed by atoms with Crippen LogP contribution in [0.15, 0.2) is 46.0 Å². The molecule has 104 valence electrons. The van der Waals surface area contributed by atoms with Gasteiger partial charge in [0.25, 0.3) is 0 Å². The molecule has 0 fully saturated rings. The molecule has 0 aliphatic carbocycles. The van der Waals surface area contributed by atoms with Gasteiger partial charge in [-0.05, 0) is 59.1 Å². The van der Waals surface area contributed by atoms with Crippen LogP contribution in [0.1, 0.15) is 16.7 Å². The van der Waals surface area contributed by atoms with E-state index in [9.17, 15) is 0 Å². The number of nitrogens with zero attached hydrogens (tertiary/aromatic N) is 1. The van der Waals surface area contributed by atoms with Crippen LogP contribution in [-0.2, 0) is 0 Å². The maximum absolute atomic E-state index is 8.86. The fourth-order valence-corrected chi connectivity index (χ4v) is 2.42. The van der Waals surface area contributed by atoms with Crippen LogP contribution in [0.4, 0.5) is 0 Å². The molecule has 2 rings (SSSR count). The van der Waals surface area contributed by atoms with Gasteiger partial charge in [-0.3, -0.25) is 0 Å². The minimum atomic E-state index is 0.0203. The van der Waals surface area contributed by atoms with Crippen molar-refractivity contribution >= 4 is 21.8 Å². The van der Waals surface area contributed by atoms with E-state index >= 15 is 0 Å². The number of rotatable bonds is 3.